The van der Waals surface area contributed by atoms with Gasteiger partial charge in [-0.15, -0.1) is 10.2 Å². The van der Waals surface area contributed by atoms with Gasteiger partial charge in [-0.05, 0) is 37.1 Å². The smallest absolute Gasteiger partial charge is 0.259 e. The van der Waals surface area contributed by atoms with Crippen LogP contribution in [0.15, 0.2) is 48.1 Å². The average molecular weight is 398 g/mol. The lowest BCUT2D eigenvalue weighted by molar-refractivity contribution is 0.102. The largest absolute Gasteiger partial charge is 0.367 e. The number of carbonyl (C=O) groups is 1. The zero-order valence-corrected chi connectivity index (χ0v) is 15.8. The van der Waals surface area contributed by atoms with Crippen LogP contribution in [0.1, 0.15) is 23.2 Å². The Labute approximate surface area is 165 Å². The number of halogens is 1. The van der Waals surface area contributed by atoms with Gasteiger partial charge >= 0.3 is 0 Å². The molecule has 3 aromatic rings. The van der Waals surface area contributed by atoms with Crippen LogP contribution in [0, 0.1) is 5.82 Å². The fraction of sp³-hybridized carbons (Fsp3) is 0.263. The highest BCUT2D eigenvalue weighted by Crippen LogP contribution is 2.24. The van der Waals surface area contributed by atoms with Crippen LogP contribution in [-0.4, -0.2) is 40.2 Å². The van der Waals surface area contributed by atoms with E-state index in [9.17, 15) is 9.18 Å². The van der Waals surface area contributed by atoms with E-state index in [0.717, 1.165) is 19.4 Å². The topological polar surface area (TPSA) is 83.0 Å². The van der Waals surface area contributed by atoms with E-state index < -0.39 is 0 Å². The van der Waals surface area contributed by atoms with Crippen molar-refractivity contribution in [2.45, 2.75) is 18.9 Å². The summed E-state index contributed by atoms with van der Waals surface area (Å²) < 4.78 is 14.1. The molecule has 1 fully saturated rings. The number of hydrogen-bond donors (Lipinski definition) is 2. The minimum Gasteiger partial charge on any atom is -0.367 e. The summed E-state index contributed by atoms with van der Waals surface area (Å²) in [7, 11) is 0. The number of aromatic nitrogens is 3. The Balaban J connectivity index is 1.37. The van der Waals surface area contributed by atoms with Gasteiger partial charge in [-0.25, -0.2) is 9.37 Å². The summed E-state index contributed by atoms with van der Waals surface area (Å²) in [6.45, 7) is 1.53. The van der Waals surface area contributed by atoms with E-state index in [1.54, 1.807) is 29.8 Å². The van der Waals surface area contributed by atoms with Crippen LogP contribution in [-0.2, 0) is 0 Å². The van der Waals surface area contributed by atoms with Crippen molar-refractivity contribution in [2.24, 2.45) is 0 Å². The molecule has 1 saturated heterocycles. The van der Waals surface area contributed by atoms with Gasteiger partial charge in [0.2, 0.25) is 5.13 Å². The van der Waals surface area contributed by atoms with Crippen LogP contribution in [0.4, 0.5) is 21.0 Å². The van der Waals surface area contributed by atoms with Crippen molar-refractivity contribution in [3.8, 4) is 0 Å². The molecule has 3 heterocycles. The fourth-order valence-corrected chi connectivity index (χ4v) is 3.68. The van der Waals surface area contributed by atoms with Gasteiger partial charge in [0, 0.05) is 25.3 Å². The molecule has 1 aliphatic heterocycles. The van der Waals surface area contributed by atoms with Crippen LogP contribution in [0.5, 0.6) is 0 Å². The molecule has 1 aromatic carbocycles. The molecule has 0 saturated carbocycles. The summed E-state index contributed by atoms with van der Waals surface area (Å²) in [5.41, 5.74) is 2.62. The standard InChI is InChI=1S/C19H19FN6OS/c20-15-5-1-2-6-16(15)26-9-3-4-14(11-26)23-17-8-7-13(10-21-17)18(27)24-19-25-22-12-28-19/h1-2,5-8,10,12,14H,3-4,9,11H2,(H,21,23)(H,24,25,27). The number of benzene rings is 1. The molecule has 2 N–H and O–H groups in total. The Bertz CT molecular complexity index is 934. The van der Waals surface area contributed by atoms with Gasteiger partial charge in [0.15, 0.2) is 0 Å². The third-order valence-electron chi connectivity index (χ3n) is 4.57. The van der Waals surface area contributed by atoms with E-state index in [0.29, 0.717) is 28.7 Å². The Kier molecular flexibility index (Phi) is 5.43. The predicted molar refractivity (Wildman–Crippen MR) is 107 cm³/mol. The van der Waals surface area contributed by atoms with Gasteiger partial charge in [-0.3, -0.25) is 10.1 Å². The molecule has 2 aromatic heterocycles. The quantitative estimate of drug-likeness (QED) is 0.685. The molecule has 1 amide bonds. The molecular formula is C19H19FN6OS. The lowest BCUT2D eigenvalue weighted by atomic mass is 10.0. The first-order valence-corrected chi connectivity index (χ1v) is 9.86. The number of nitrogens with zero attached hydrogens (tertiary/aromatic N) is 4. The summed E-state index contributed by atoms with van der Waals surface area (Å²) >= 11 is 1.25. The molecule has 0 bridgehead atoms. The molecule has 0 spiro atoms. The van der Waals surface area contributed by atoms with Crippen molar-refractivity contribution in [3.63, 3.8) is 0 Å². The second kappa shape index (κ2) is 8.30. The van der Waals surface area contributed by atoms with Crippen molar-refractivity contribution < 1.29 is 9.18 Å². The van der Waals surface area contributed by atoms with Crippen molar-refractivity contribution in [3.05, 3.63) is 59.5 Å². The lowest BCUT2D eigenvalue weighted by Crippen LogP contribution is -2.42. The Morgan fingerprint density at radius 1 is 1.25 bits per heavy atom. The summed E-state index contributed by atoms with van der Waals surface area (Å²) in [4.78, 5) is 18.6. The van der Waals surface area contributed by atoms with Crippen LogP contribution in [0.25, 0.3) is 0 Å². The summed E-state index contributed by atoms with van der Waals surface area (Å²) in [6.07, 6.45) is 3.47. The first-order valence-electron chi connectivity index (χ1n) is 8.98. The maximum atomic E-state index is 14.1. The minimum atomic E-state index is -0.279. The van der Waals surface area contributed by atoms with Gasteiger partial charge in [0.1, 0.15) is 17.1 Å². The monoisotopic (exact) mass is 398 g/mol. The number of amides is 1. The number of rotatable bonds is 5. The van der Waals surface area contributed by atoms with E-state index in [-0.39, 0.29) is 17.8 Å². The van der Waals surface area contributed by atoms with Gasteiger partial charge in [-0.2, -0.15) is 0 Å². The summed E-state index contributed by atoms with van der Waals surface area (Å²) in [5.74, 6) is 0.208. The van der Waals surface area contributed by atoms with Crippen molar-refractivity contribution in [1.29, 1.82) is 0 Å². The molecule has 7 nitrogen and oxygen atoms in total. The number of pyridine rings is 1. The van der Waals surface area contributed by atoms with E-state index >= 15 is 0 Å². The molecule has 4 rings (SSSR count). The molecule has 0 radical (unpaired) electrons. The molecule has 1 atom stereocenters. The highest BCUT2D eigenvalue weighted by molar-refractivity contribution is 7.13. The van der Waals surface area contributed by atoms with E-state index in [4.69, 9.17) is 0 Å². The second-order valence-corrected chi connectivity index (χ2v) is 7.34. The van der Waals surface area contributed by atoms with Gasteiger partial charge in [0.25, 0.3) is 5.91 Å². The highest BCUT2D eigenvalue weighted by Gasteiger charge is 2.22. The van der Waals surface area contributed by atoms with Gasteiger partial charge in [-0.1, -0.05) is 23.5 Å². The number of para-hydroxylation sites is 1. The SMILES string of the molecule is O=C(Nc1nncs1)c1ccc(NC2CCCN(c3ccccc3F)C2)nc1. The molecular weight excluding hydrogens is 379 g/mol. The van der Waals surface area contributed by atoms with Crippen molar-refractivity contribution >= 4 is 33.9 Å². The third-order valence-corrected chi connectivity index (χ3v) is 5.18. The van der Waals surface area contributed by atoms with Crippen LogP contribution in [0.2, 0.25) is 0 Å². The molecule has 1 aliphatic rings. The molecule has 9 heteroatoms. The zero-order chi connectivity index (χ0) is 19.3. The van der Waals surface area contributed by atoms with Gasteiger partial charge < -0.3 is 10.2 Å². The average Bonchev–Trinajstić information content (AvgIpc) is 3.22. The maximum absolute atomic E-state index is 14.1. The Morgan fingerprint density at radius 3 is 2.89 bits per heavy atom. The molecule has 0 aliphatic carbocycles. The molecule has 28 heavy (non-hydrogen) atoms. The summed E-state index contributed by atoms with van der Waals surface area (Å²) in [6, 6.07) is 10.5. The number of piperidine rings is 1. The number of anilines is 3. The van der Waals surface area contributed by atoms with Crippen LogP contribution >= 0.6 is 11.3 Å². The number of hydrogen-bond acceptors (Lipinski definition) is 7. The maximum Gasteiger partial charge on any atom is 0.259 e. The van der Waals surface area contributed by atoms with Gasteiger partial charge in [0.05, 0.1) is 11.3 Å². The number of carbonyl (C=O) groups excluding carboxylic acids is 1. The first kappa shape index (κ1) is 18.3. The first-order chi connectivity index (χ1) is 13.7. The third kappa shape index (κ3) is 4.25. The number of nitrogens with one attached hydrogen (secondary N) is 2. The van der Waals surface area contributed by atoms with Crippen LogP contribution in [0.3, 0.4) is 0 Å². The predicted octanol–water partition coefficient (Wildman–Crippen LogP) is 3.41. The van der Waals surface area contributed by atoms with Crippen molar-refractivity contribution in [1.82, 2.24) is 15.2 Å². The Morgan fingerprint density at radius 2 is 2.14 bits per heavy atom. The second-order valence-electron chi connectivity index (χ2n) is 6.51. The van der Waals surface area contributed by atoms with E-state index in [1.807, 2.05) is 6.07 Å². The normalized spacial score (nSPS) is 16.6. The van der Waals surface area contributed by atoms with E-state index in [2.05, 4.69) is 30.7 Å². The van der Waals surface area contributed by atoms with E-state index in [1.165, 1.54) is 23.6 Å². The highest BCUT2D eigenvalue weighted by atomic mass is 32.1. The zero-order valence-electron chi connectivity index (χ0n) is 15.0. The van der Waals surface area contributed by atoms with Crippen LogP contribution < -0.4 is 15.5 Å². The Hall–Kier alpha value is -3.07. The fourth-order valence-electron chi connectivity index (χ4n) is 3.24. The molecule has 144 valence electrons. The summed E-state index contributed by atoms with van der Waals surface area (Å²) in [5, 5.41) is 14.0. The lowest BCUT2D eigenvalue weighted by Gasteiger charge is -2.35. The molecule has 1 unspecified atom stereocenters. The van der Waals surface area contributed by atoms with Crippen molar-refractivity contribution in [2.75, 3.05) is 28.6 Å². The minimum absolute atomic E-state index is 0.155.